The molecule has 0 fully saturated rings. The molecule has 0 N–H and O–H groups in total. The van der Waals surface area contributed by atoms with Crippen LogP contribution in [0.1, 0.15) is 0 Å². The first-order valence-corrected chi connectivity index (χ1v) is 7.95. The topological polar surface area (TPSA) is 25.8 Å². The highest BCUT2D eigenvalue weighted by Gasteiger charge is 2.15. The maximum Gasteiger partial charge on any atom is 0.0787 e. The molecule has 0 aliphatic rings. The van der Waals surface area contributed by atoms with Crippen LogP contribution in [0.15, 0.2) is 97.3 Å². The largest absolute Gasteiger partial charge is 0.256 e. The lowest BCUT2D eigenvalue weighted by atomic mass is 9.93. The molecule has 0 spiro atoms. The Morgan fingerprint density at radius 1 is 0.500 bits per heavy atom. The third kappa shape index (κ3) is 2.70. The summed E-state index contributed by atoms with van der Waals surface area (Å²) in [5.41, 5.74) is 6.39. The van der Waals surface area contributed by atoms with E-state index in [4.69, 9.17) is 0 Å². The van der Waals surface area contributed by atoms with E-state index in [1.54, 1.807) is 0 Å². The van der Waals surface area contributed by atoms with Gasteiger partial charge in [0.2, 0.25) is 0 Å². The van der Waals surface area contributed by atoms with Crippen molar-refractivity contribution < 1.29 is 0 Å². The quantitative estimate of drug-likeness (QED) is 0.501. The van der Waals surface area contributed by atoms with Crippen molar-refractivity contribution in [2.24, 2.45) is 0 Å². The van der Waals surface area contributed by atoms with Gasteiger partial charge in [-0.1, -0.05) is 66.7 Å². The van der Waals surface area contributed by atoms with E-state index in [2.05, 4.69) is 46.4 Å². The summed E-state index contributed by atoms with van der Waals surface area (Å²) in [7, 11) is 0. The lowest BCUT2D eigenvalue weighted by Gasteiger charge is -2.14. The molecule has 2 nitrogen and oxygen atoms in total. The first-order chi connectivity index (χ1) is 11.9. The van der Waals surface area contributed by atoms with Crippen LogP contribution in [0.4, 0.5) is 0 Å². The summed E-state index contributed by atoms with van der Waals surface area (Å²) in [4.78, 5) is 9.23. The van der Waals surface area contributed by atoms with E-state index in [1.165, 1.54) is 0 Å². The number of pyridine rings is 2. The molecule has 0 saturated heterocycles. The SMILES string of the molecule is c1ccc(-c2nccc(-c3ccccn3)c2-c2ccccc2)cc1. The van der Waals surface area contributed by atoms with E-state index in [0.717, 1.165) is 33.6 Å². The molecule has 0 aliphatic carbocycles. The Morgan fingerprint density at radius 2 is 1.17 bits per heavy atom. The molecule has 2 aromatic heterocycles. The minimum absolute atomic E-state index is 0.955. The lowest BCUT2D eigenvalue weighted by Crippen LogP contribution is -1.94. The van der Waals surface area contributed by atoms with E-state index < -0.39 is 0 Å². The Bertz CT molecular complexity index is 876. The number of hydrogen-bond donors (Lipinski definition) is 0. The van der Waals surface area contributed by atoms with Crippen molar-refractivity contribution in [2.45, 2.75) is 0 Å². The van der Waals surface area contributed by atoms with Gasteiger partial charge in [0, 0.05) is 29.1 Å². The highest BCUT2D eigenvalue weighted by atomic mass is 14.7. The predicted molar refractivity (Wildman–Crippen MR) is 98.3 cm³/mol. The molecule has 0 bridgehead atoms. The van der Waals surface area contributed by atoms with Crippen LogP contribution < -0.4 is 0 Å². The fraction of sp³-hybridized carbons (Fsp3) is 0. The Kier molecular flexibility index (Phi) is 3.86. The summed E-state index contributed by atoms with van der Waals surface area (Å²) >= 11 is 0. The zero-order chi connectivity index (χ0) is 16.2. The second-order valence-corrected chi connectivity index (χ2v) is 5.53. The van der Waals surface area contributed by atoms with Crippen LogP contribution in [0.5, 0.6) is 0 Å². The Hall–Kier alpha value is -3.26. The summed E-state index contributed by atoms with van der Waals surface area (Å²) in [5, 5.41) is 0. The maximum atomic E-state index is 4.68. The highest BCUT2D eigenvalue weighted by Crippen LogP contribution is 2.37. The molecule has 2 heteroatoms. The summed E-state index contributed by atoms with van der Waals surface area (Å²) in [6, 6.07) is 28.7. The average Bonchev–Trinajstić information content (AvgIpc) is 2.69. The van der Waals surface area contributed by atoms with Gasteiger partial charge in [0.25, 0.3) is 0 Å². The normalized spacial score (nSPS) is 10.5. The Balaban J connectivity index is 2.02. The van der Waals surface area contributed by atoms with Crippen molar-refractivity contribution in [2.75, 3.05) is 0 Å². The molecule has 2 heterocycles. The van der Waals surface area contributed by atoms with Gasteiger partial charge in [0.05, 0.1) is 11.4 Å². The molecule has 4 aromatic rings. The molecule has 0 atom stereocenters. The predicted octanol–water partition coefficient (Wildman–Crippen LogP) is 5.48. The van der Waals surface area contributed by atoms with Crippen LogP contribution in [0.25, 0.3) is 33.6 Å². The molecule has 0 amide bonds. The molecular weight excluding hydrogens is 292 g/mol. The van der Waals surface area contributed by atoms with Crippen molar-refractivity contribution in [1.82, 2.24) is 9.97 Å². The van der Waals surface area contributed by atoms with E-state index in [0.29, 0.717) is 0 Å². The van der Waals surface area contributed by atoms with Crippen molar-refractivity contribution in [1.29, 1.82) is 0 Å². The van der Waals surface area contributed by atoms with Gasteiger partial charge in [0.15, 0.2) is 0 Å². The van der Waals surface area contributed by atoms with Crippen LogP contribution in [0.3, 0.4) is 0 Å². The molecule has 2 aromatic carbocycles. The van der Waals surface area contributed by atoms with E-state index in [9.17, 15) is 0 Å². The van der Waals surface area contributed by atoms with Crippen LogP contribution >= 0.6 is 0 Å². The van der Waals surface area contributed by atoms with Gasteiger partial charge < -0.3 is 0 Å². The second kappa shape index (κ2) is 6.47. The third-order valence-electron chi connectivity index (χ3n) is 4.00. The van der Waals surface area contributed by atoms with Gasteiger partial charge in [-0.25, -0.2) is 0 Å². The Labute approximate surface area is 141 Å². The van der Waals surface area contributed by atoms with Crippen molar-refractivity contribution in [3.63, 3.8) is 0 Å². The van der Waals surface area contributed by atoms with Crippen molar-refractivity contribution in [3.05, 3.63) is 97.3 Å². The zero-order valence-corrected chi connectivity index (χ0v) is 13.1. The molecular formula is C22H16N2. The van der Waals surface area contributed by atoms with Gasteiger partial charge >= 0.3 is 0 Å². The van der Waals surface area contributed by atoms with Crippen molar-refractivity contribution in [3.8, 4) is 33.6 Å². The molecule has 114 valence electrons. The lowest BCUT2D eigenvalue weighted by molar-refractivity contribution is 1.29. The zero-order valence-electron chi connectivity index (χ0n) is 13.1. The van der Waals surface area contributed by atoms with Crippen molar-refractivity contribution >= 4 is 0 Å². The maximum absolute atomic E-state index is 4.68. The monoisotopic (exact) mass is 308 g/mol. The molecule has 24 heavy (non-hydrogen) atoms. The van der Waals surface area contributed by atoms with Crippen LogP contribution in [0.2, 0.25) is 0 Å². The standard InChI is InChI=1S/C22H16N2/c1-3-9-17(10-4-1)21-19(20-13-7-8-15-23-20)14-16-24-22(21)18-11-5-2-6-12-18/h1-16H. The number of aromatic nitrogens is 2. The fourth-order valence-electron chi connectivity index (χ4n) is 2.91. The van der Waals surface area contributed by atoms with Gasteiger partial charge in [-0.05, 0) is 23.8 Å². The number of rotatable bonds is 3. The van der Waals surface area contributed by atoms with E-state index in [1.807, 2.05) is 60.9 Å². The van der Waals surface area contributed by atoms with E-state index >= 15 is 0 Å². The van der Waals surface area contributed by atoms with Crippen LogP contribution in [0, 0.1) is 0 Å². The first-order valence-electron chi connectivity index (χ1n) is 7.95. The fourth-order valence-corrected chi connectivity index (χ4v) is 2.91. The van der Waals surface area contributed by atoms with Gasteiger partial charge in [-0.15, -0.1) is 0 Å². The minimum Gasteiger partial charge on any atom is -0.256 e. The summed E-state index contributed by atoms with van der Waals surface area (Å²) < 4.78 is 0. The summed E-state index contributed by atoms with van der Waals surface area (Å²) in [5.74, 6) is 0. The van der Waals surface area contributed by atoms with Gasteiger partial charge in [0.1, 0.15) is 0 Å². The molecule has 0 radical (unpaired) electrons. The summed E-state index contributed by atoms with van der Waals surface area (Å²) in [6.07, 6.45) is 3.69. The highest BCUT2D eigenvalue weighted by molar-refractivity contribution is 5.91. The minimum atomic E-state index is 0.955. The summed E-state index contributed by atoms with van der Waals surface area (Å²) in [6.45, 7) is 0. The second-order valence-electron chi connectivity index (χ2n) is 5.53. The van der Waals surface area contributed by atoms with Gasteiger partial charge in [-0.2, -0.15) is 0 Å². The van der Waals surface area contributed by atoms with Crippen LogP contribution in [-0.4, -0.2) is 9.97 Å². The molecule has 0 aliphatic heterocycles. The van der Waals surface area contributed by atoms with Crippen LogP contribution in [-0.2, 0) is 0 Å². The third-order valence-corrected chi connectivity index (χ3v) is 4.00. The number of benzene rings is 2. The molecule has 0 unspecified atom stereocenters. The first kappa shape index (κ1) is 14.3. The molecule has 0 saturated carbocycles. The number of hydrogen-bond acceptors (Lipinski definition) is 2. The molecule has 4 rings (SSSR count). The number of nitrogens with zero attached hydrogens (tertiary/aromatic N) is 2. The smallest absolute Gasteiger partial charge is 0.0787 e. The Morgan fingerprint density at radius 3 is 1.83 bits per heavy atom. The van der Waals surface area contributed by atoms with E-state index in [-0.39, 0.29) is 0 Å². The van der Waals surface area contributed by atoms with Gasteiger partial charge in [-0.3, -0.25) is 9.97 Å². The average molecular weight is 308 g/mol.